The first kappa shape index (κ1) is 27.5. The van der Waals surface area contributed by atoms with Crippen molar-refractivity contribution >= 4 is 24.0 Å². The molecule has 6 nitrogen and oxygen atoms in total. The molecular weight excluding hydrogens is 461 g/mol. The number of carbonyl (C=O) groups excluding carboxylic acids is 1. The second kappa shape index (κ2) is 13.2. The lowest BCUT2D eigenvalue weighted by Crippen LogP contribution is -2.28. The lowest BCUT2D eigenvalue weighted by molar-refractivity contribution is -0.138. The summed E-state index contributed by atoms with van der Waals surface area (Å²) in [5, 5.41) is 29.1. The van der Waals surface area contributed by atoms with E-state index in [-0.39, 0.29) is 41.6 Å². The molecule has 1 aliphatic rings. The van der Waals surface area contributed by atoms with Crippen molar-refractivity contribution in [3.05, 3.63) is 29.8 Å². The summed E-state index contributed by atoms with van der Waals surface area (Å²) in [6.07, 6.45) is -0.967. The Morgan fingerprint density at radius 1 is 1.24 bits per heavy atom. The average molecular weight is 493 g/mol. The average Bonchev–Trinajstić information content (AvgIpc) is 3.07. The van der Waals surface area contributed by atoms with Gasteiger partial charge in [0.25, 0.3) is 0 Å². The Hall–Kier alpha value is -1.78. The van der Waals surface area contributed by atoms with Crippen LogP contribution in [-0.4, -0.2) is 57.4 Å². The highest BCUT2D eigenvalue weighted by atomic mass is 32.2. The Kier molecular flexibility index (Phi) is 11.0. The minimum Gasteiger partial charge on any atom is -0.491 e. The molecule has 0 spiro atoms. The van der Waals surface area contributed by atoms with Gasteiger partial charge in [0.15, 0.2) is 0 Å². The van der Waals surface area contributed by atoms with Gasteiger partial charge in [-0.1, -0.05) is 25.3 Å². The van der Waals surface area contributed by atoms with E-state index in [0.717, 1.165) is 44.1 Å². The first-order valence-corrected chi connectivity index (χ1v) is 12.1. The fourth-order valence-electron chi connectivity index (χ4n) is 4.12. The van der Waals surface area contributed by atoms with Gasteiger partial charge in [-0.05, 0) is 43.4 Å². The van der Waals surface area contributed by atoms with E-state index >= 15 is 0 Å². The highest BCUT2D eigenvalue weighted by Gasteiger charge is 2.42. The normalized spacial score (nSPS) is 23.9. The van der Waals surface area contributed by atoms with Crippen LogP contribution in [0.4, 0.5) is 13.2 Å². The Bertz CT molecular complexity index is 760. The molecule has 0 radical (unpaired) electrons. The van der Waals surface area contributed by atoms with Crippen LogP contribution in [0.5, 0.6) is 5.75 Å². The molecule has 10 heteroatoms. The number of hydrogen-bond acceptors (Lipinski definition) is 6. The van der Waals surface area contributed by atoms with Crippen LogP contribution in [0.15, 0.2) is 24.3 Å². The predicted molar refractivity (Wildman–Crippen MR) is 118 cm³/mol. The number of aliphatic hydroxyl groups is 2. The van der Waals surface area contributed by atoms with Crippen LogP contribution in [0.2, 0.25) is 0 Å². The van der Waals surface area contributed by atoms with Crippen LogP contribution in [-0.2, 0) is 15.8 Å². The summed E-state index contributed by atoms with van der Waals surface area (Å²) in [5.41, 5.74) is -0.830. The number of benzene rings is 1. The van der Waals surface area contributed by atoms with E-state index in [0.29, 0.717) is 12.8 Å². The minimum absolute atomic E-state index is 0.0107. The Balaban J connectivity index is 1.80. The number of alkyl halides is 3. The van der Waals surface area contributed by atoms with Crippen LogP contribution in [0.25, 0.3) is 0 Å². The van der Waals surface area contributed by atoms with E-state index < -0.39 is 29.9 Å². The number of unbranched alkanes of at least 4 members (excludes halogenated alkanes) is 3. The molecule has 33 heavy (non-hydrogen) atoms. The molecule has 0 heterocycles. The standard InChI is InChI=1S/C23H31F3O6S/c24-23(25,26)16-6-5-7-18(11-16)32-13-17(28)14-33-22-19(15(12-27)10-20(22)29)8-3-1-2-4-9-21(30)31/h5-7,11-12,15,17,19-20,22,28-29H,1-4,8-10,13-14H2,(H,30,31)/t15?,17?,19-,20?,22+/m0/s1. The summed E-state index contributed by atoms with van der Waals surface area (Å²) in [5.74, 6) is -0.909. The fraction of sp³-hybridized carbons (Fsp3) is 0.652. The maximum atomic E-state index is 12.8. The third-order valence-corrected chi connectivity index (χ3v) is 7.43. The maximum Gasteiger partial charge on any atom is 0.416 e. The molecule has 1 saturated carbocycles. The number of aliphatic hydroxyl groups excluding tert-OH is 2. The molecule has 0 amide bonds. The molecule has 0 bridgehead atoms. The van der Waals surface area contributed by atoms with Crippen LogP contribution >= 0.6 is 11.8 Å². The van der Waals surface area contributed by atoms with Crippen molar-refractivity contribution in [2.75, 3.05) is 12.4 Å². The molecule has 0 aromatic heterocycles. The molecule has 5 atom stereocenters. The van der Waals surface area contributed by atoms with Gasteiger partial charge in [0, 0.05) is 23.3 Å². The largest absolute Gasteiger partial charge is 0.491 e. The third-order valence-electron chi connectivity index (χ3n) is 5.80. The van der Waals surface area contributed by atoms with E-state index in [4.69, 9.17) is 9.84 Å². The smallest absolute Gasteiger partial charge is 0.416 e. The second-order valence-electron chi connectivity index (χ2n) is 8.40. The molecule has 3 N–H and O–H groups in total. The zero-order valence-corrected chi connectivity index (χ0v) is 19.1. The van der Waals surface area contributed by atoms with E-state index in [1.165, 1.54) is 23.9 Å². The Morgan fingerprint density at radius 2 is 1.97 bits per heavy atom. The molecule has 0 saturated heterocycles. The first-order valence-electron chi connectivity index (χ1n) is 11.1. The SMILES string of the molecule is O=CC1CC(O)[C@H](SCC(O)COc2cccc(C(F)(F)F)c2)[C@H]1CCCCCCC(=O)O. The van der Waals surface area contributed by atoms with Gasteiger partial charge < -0.3 is 24.9 Å². The lowest BCUT2D eigenvalue weighted by atomic mass is 9.91. The number of ether oxygens (including phenoxy) is 1. The molecular formula is C23H31F3O6S. The van der Waals surface area contributed by atoms with Gasteiger partial charge >= 0.3 is 12.1 Å². The van der Waals surface area contributed by atoms with Crippen LogP contribution < -0.4 is 4.74 Å². The summed E-state index contributed by atoms with van der Waals surface area (Å²) in [6, 6.07) is 4.44. The van der Waals surface area contributed by atoms with E-state index in [1.807, 2.05) is 0 Å². The number of hydrogen-bond donors (Lipinski definition) is 3. The van der Waals surface area contributed by atoms with Gasteiger partial charge in [0.2, 0.25) is 0 Å². The van der Waals surface area contributed by atoms with Gasteiger partial charge in [-0.2, -0.15) is 24.9 Å². The fourth-order valence-corrected chi connectivity index (χ4v) is 5.58. The predicted octanol–water partition coefficient (Wildman–Crippen LogP) is 4.17. The number of carboxylic acids is 1. The van der Waals surface area contributed by atoms with Crippen molar-refractivity contribution in [1.29, 1.82) is 0 Å². The van der Waals surface area contributed by atoms with E-state index in [9.17, 15) is 33.0 Å². The number of carbonyl (C=O) groups is 2. The summed E-state index contributed by atoms with van der Waals surface area (Å²) in [7, 11) is 0. The van der Waals surface area contributed by atoms with Crippen molar-refractivity contribution < 1.29 is 42.8 Å². The van der Waals surface area contributed by atoms with Crippen molar-refractivity contribution in [2.45, 2.75) is 68.6 Å². The number of thioether (sulfide) groups is 1. The van der Waals surface area contributed by atoms with Gasteiger partial charge in [-0.3, -0.25) is 4.79 Å². The number of rotatable bonds is 14. The molecule has 1 aromatic rings. The van der Waals surface area contributed by atoms with Crippen molar-refractivity contribution in [2.24, 2.45) is 11.8 Å². The zero-order chi connectivity index (χ0) is 24.4. The summed E-state index contributed by atoms with van der Waals surface area (Å²) in [6.45, 7) is -0.192. The number of carboxylic acid groups (broad SMARTS) is 1. The number of aliphatic carboxylic acids is 1. The Morgan fingerprint density at radius 3 is 2.64 bits per heavy atom. The number of aldehydes is 1. The summed E-state index contributed by atoms with van der Waals surface area (Å²) >= 11 is 1.35. The van der Waals surface area contributed by atoms with Crippen molar-refractivity contribution in [3.8, 4) is 5.75 Å². The van der Waals surface area contributed by atoms with Gasteiger partial charge in [0.1, 0.15) is 18.6 Å². The molecule has 1 aliphatic carbocycles. The maximum absolute atomic E-state index is 12.8. The lowest BCUT2D eigenvalue weighted by Gasteiger charge is -2.24. The quantitative estimate of drug-likeness (QED) is 0.265. The van der Waals surface area contributed by atoms with Crippen molar-refractivity contribution in [3.63, 3.8) is 0 Å². The van der Waals surface area contributed by atoms with Crippen LogP contribution in [0.3, 0.4) is 0 Å². The molecule has 0 aliphatic heterocycles. The molecule has 3 unspecified atom stereocenters. The van der Waals surface area contributed by atoms with E-state index in [1.54, 1.807) is 0 Å². The van der Waals surface area contributed by atoms with E-state index in [2.05, 4.69) is 0 Å². The molecule has 1 fully saturated rings. The van der Waals surface area contributed by atoms with Crippen LogP contribution in [0, 0.1) is 11.8 Å². The second-order valence-corrected chi connectivity index (χ2v) is 9.61. The molecule has 1 aromatic carbocycles. The Labute approximate surface area is 195 Å². The van der Waals surface area contributed by atoms with Gasteiger partial charge in [-0.15, -0.1) is 0 Å². The van der Waals surface area contributed by atoms with Crippen LogP contribution in [0.1, 0.15) is 50.5 Å². The monoisotopic (exact) mass is 492 g/mol. The third kappa shape index (κ3) is 9.17. The highest BCUT2D eigenvalue weighted by Crippen LogP contribution is 2.42. The zero-order valence-electron chi connectivity index (χ0n) is 18.2. The topological polar surface area (TPSA) is 104 Å². The molecule has 2 rings (SSSR count). The molecule has 186 valence electrons. The summed E-state index contributed by atoms with van der Waals surface area (Å²) in [4.78, 5) is 22.0. The first-order chi connectivity index (χ1) is 15.6. The minimum atomic E-state index is -4.48. The highest BCUT2D eigenvalue weighted by molar-refractivity contribution is 8.00. The van der Waals surface area contributed by atoms with Crippen molar-refractivity contribution in [1.82, 2.24) is 0 Å². The van der Waals surface area contributed by atoms with Gasteiger partial charge in [-0.25, -0.2) is 0 Å². The summed E-state index contributed by atoms with van der Waals surface area (Å²) < 4.78 is 43.7. The number of halogens is 3. The van der Waals surface area contributed by atoms with Gasteiger partial charge in [0.05, 0.1) is 17.8 Å².